The summed E-state index contributed by atoms with van der Waals surface area (Å²) in [6.07, 6.45) is 8.04. The lowest BCUT2D eigenvalue weighted by atomic mass is 9.95. The number of aryl methyl sites for hydroxylation is 1. The number of carboxylic acid groups (broad SMARTS) is 1. The van der Waals surface area contributed by atoms with E-state index in [2.05, 4.69) is 55.7 Å². The van der Waals surface area contributed by atoms with Gasteiger partial charge in [0.25, 0.3) is 0 Å². The minimum Gasteiger partial charge on any atom is -0.481 e. The molecular weight excluding hydrogens is 298 g/mol. The van der Waals surface area contributed by atoms with Crippen LogP contribution in [0.3, 0.4) is 0 Å². The predicted octanol–water partition coefficient (Wildman–Crippen LogP) is 4.74. The maximum atomic E-state index is 11.1. The molecule has 3 rings (SSSR count). The van der Waals surface area contributed by atoms with Gasteiger partial charge in [0.2, 0.25) is 0 Å². The van der Waals surface area contributed by atoms with Gasteiger partial charge in [-0.25, -0.2) is 0 Å². The third kappa shape index (κ3) is 3.30. The fourth-order valence-corrected chi connectivity index (χ4v) is 3.53. The average molecular weight is 323 g/mol. The standard InChI is InChI=1S/C21H25NO2/c1-14-6-4-7-17(10-15(14)2)13-22-16(3)11-19-18(12-21(23)24)8-5-9-20(19)22/h4-6,8-11,14-15H,7,12-13H2,1-3H3,(H,23,24). The van der Waals surface area contributed by atoms with E-state index in [0.29, 0.717) is 11.8 Å². The third-order valence-electron chi connectivity index (χ3n) is 5.09. The van der Waals surface area contributed by atoms with Crippen LogP contribution in [-0.2, 0) is 17.8 Å². The summed E-state index contributed by atoms with van der Waals surface area (Å²) in [6.45, 7) is 7.50. The van der Waals surface area contributed by atoms with E-state index in [1.165, 1.54) is 11.3 Å². The Balaban J connectivity index is 1.98. The van der Waals surface area contributed by atoms with Gasteiger partial charge in [-0.1, -0.05) is 49.8 Å². The van der Waals surface area contributed by atoms with Crippen molar-refractivity contribution in [2.45, 2.75) is 40.2 Å². The zero-order chi connectivity index (χ0) is 17.3. The normalized spacial score (nSPS) is 20.9. The molecule has 0 fully saturated rings. The first-order valence-corrected chi connectivity index (χ1v) is 8.61. The molecule has 0 saturated carbocycles. The maximum Gasteiger partial charge on any atom is 0.307 e. The highest BCUT2D eigenvalue weighted by Crippen LogP contribution is 2.27. The van der Waals surface area contributed by atoms with Crippen molar-refractivity contribution in [2.24, 2.45) is 11.8 Å². The molecule has 0 aliphatic heterocycles. The molecule has 2 atom stereocenters. The summed E-state index contributed by atoms with van der Waals surface area (Å²) in [5.74, 6) is 0.336. The van der Waals surface area contributed by atoms with E-state index in [1.54, 1.807) is 0 Å². The quantitative estimate of drug-likeness (QED) is 0.826. The fraction of sp³-hybridized carbons (Fsp3) is 0.381. The first kappa shape index (κ1) is 16.6. The van der Waals surface area contributed by atoms with Crippen molar-refractivity contribution in [2.75, 3.05) is 0 Å². The van der Waals surface area contributed by atoms with Gasteiger partial charge in [0.1, 0.15) is 0 Å². The molecule has 1 N–H and O–H groups in total. The zero-order valence-electron chi connectivity index (χ0n) is 14.6. The maximum absolute atomic E-state index is 11.1. The molecule has 2 aromatic rings. The van der Waals surface area contributed by atoms with E-state index in [1.807, 2.05) is 12.1 Å². The Hall–Kier alpha value is -2.29. The minimum absolute atomic E-state index is 0.0702. The second-order valence-corrected chi connectivity index (χ2v) is 6.97. The molecule has 0 bridgehead atoms. The van der Waals surface area contributed by atoms with Crippen LogP contribution in [-0.4, -0.2) is 15.6 Å². The lowest BCUT2D eigenvalue weighted by Crippen LogP contribution is -2.05. The Labute approximate surface area is 143 Å². The van der Waals surface area contributed by atoms with E-state index < -0.39 is 5.97 Å². The molecule has 126 valence electrons. The van der Waals surface area contributed by atoms with Gasteiger partial charge in [0.15, 0.2) is 0 Å². The molecule has 0 amide bonds. The number of nitrogens with zero attached hydrogens (tertiary/aromatic N) is 1. The first-order chi connectivity index (χ1) is 11.5. The highest BCUT2D eigenvalue weighted by Gasteiger charge is 2.15. The Bertz CT molecular complexity index is 826. The number of benzene rings is 1. The highest BCUT2D eigenvalue weighted by molar-refractivity contribution is 5.88. The van der Waals surface area contributed by atoms with Crippen molar-refractivity contribution in [1.82, 2.24) is 4.57 Å². The van der Waals surface area contributed by atoms with Crippen LogP contribution < -0.4 is 0 Å². The minimum atomic E-state index is -0.785. The summed E-state index contributed by atoms with van der Waals surface area (Å²) >= 11 is 0. The van der Waals surface area contributed by atoms with E-state index in [4.69, 9.17) is 5.11 Å². The second-order valence-electron chi connectivity index (χ2n) is 6.97. The van der Waals surface area contributed by atoms with Crippen LogP contribution in [0.25, 0.3) is 10.9 Å². The number of hydrogen-bond acceptors (Lipinski definition) is 1. The molecular formula is C21H25NO2. The number of carbonyl (C=O) groups is 1. The number of allylic oxidation sites excluding steroid dienone is 4. The average Bonchev–Trinajstić information content (AvgIpc) is 2.74. The summed E-state index contributed by atoms with van der Waals surface area (Å²) in [4.78, 5) is 11.1. The van der Waals surface area contributed by atoms with Crippen molar-refractivity contribution in [1.29, 1.82) is 0 Å². The molecule has 1 aromatic carbocycles. The molecule has 3 nitrogen and oxygen atoms in total. The van der Waals surface area contributed by atoms with Crippen LogP contribution in [0.15, 0.2) is 48.1 Å². The van der Waals surface area contributed by atoms with Crippen molar-refractivity contribution >= 4 is 16.9 Å². The van der Waals surface area contributed by atoms with E-state index in [0.717, 1.165) is 29.4 Å². The van der Waals surface area contributed by atoms with E-state index in [9.17, 15) is 4.79 Å². The van der Waals surface area contributed by atoms with Crippen molar-refractivity contribution in [3.05, 3.63) is 59.3 Å². The molecule has 0 saturated heterocycles. The fourth-order valence-electron chi connectivity index (χ4n) is 3.53. The number of rotatable bonds is 4. The second kappa shape index (κ2) is 6.68. The third-order valence-corrected chi connectivity index (χ3v) is 5.09. The largest absolute Gasteiger partial charge is 0.481 e. The highest BCUT2D eigenvalue weighted by atomic mass is 16.4. The number of hydrogen-bond donors (Lipinski definition) is 1. The number of carboxylic acids is 1. The van der Waals surface area contributed by atoms with Crippen LogP contribution >= 0.6 is 0 Å². The summed E-state index contributed by atoms with van der Waals surface area (Å²) in [5, 5.41) is 10.2. The van der Waals surface area contributed by atoms with Gasteiger partial charge in [0.05, 0.1) is 6.42 Å². The number of aliphatic carboxylic acids is 1. The van der Waals surface area contributed by atoms with Crippen molar-refractivity contribution in [3.8, 4) is 0 Å². The van der Waals surface area contributed by atoms with E-state index >= 15 is 0 Å². The Morgan fingerprint density at radius 1 is 1.29 bits per heavy atom. The van der Waals surface area contributed by atoms with Crippen LogP contribution in [0.1, 0.15) is 31.5 Å². The van der Waals surface area contributed by atoms with Gasteiger partial charge < -0.3 is 9.67 Å². The summed E-state index contributed by atoms with van der Waals surface area (Å²) in [5.41, 5.74) is 4.62. The van der Waals surface area contributed by atoms with Crippen molar-refractivity contribution < 1.29 is 9.90 Å². The Kier molecular flexibility index (Phi) is 4.61. The van der Waals surface area contributed by atoms with Gasteiger partial charge in [-0.05, 0) is 42.9 Å². The van der Waals surface area contributed by atoms with Crippen molar-refractivity contribution in [3.63, 3.8) is 0 Å². The van der Waals surface area contributed by atoms with Gasteiger partial charge in [-0.15, -0.1) is 0 Å². The van der Waals surface area contributed by atoms with Crippen LogP contribution in [0.4, 0.5) is 0 Å². The van der Waals surface area contributed by atoms with Crippen LogP contribution in [0, 0.1) is 18.8 Å². The molecule has 1 heterocycles. The zero-order valence-corrected chi connectivity index (χ0v) is 14.6. The smallest absolute Gasteiger partial charge is 0.307 e. The van der Waals surface area contributed by atoms with Gasteiger partial charge in [0, 0.05) is 23.1 Å². The molecule has 3 heteroatoms. The molecule has 1 aliphatic carbocycles. The van der Waals surface area contributed by atoms with Crippen LogP contribution in [0.2, 0.25) is 0 Å². The topological polar surface area (TPSA) is 42.2 Å². The summed E-state index contributed by atoms with van der Waals surface area (Å²) in [6, 6.07) is 8.08. The predicted molar refractivity (Wildman–Crippen MR) is 98.2 cm³/mol. The monoisotopic (exact) mass is 323 g/mol. The van der Waals surface area contributed by atoms with Gasteiger partial charge >= 0.3 is 5.97 Å². The lowest BCUT2D eigenvalue weighted by Gasteiger charge is -2.14. The Morgan fingerprint density at radius 3 is 2.83 bits per heavy atom. The molecule has 0 radical (unpaired) electrons. The summed E-state index contributed by atoms with van der Waals surface area (Å²) in [7, 11) is 0. The lowest BCUT2D eigenvalue weighted by molar-refractivity contribution is -0.136. The molecule has 24 heavy (non-hydrogen) atoms. The SMILES string of the molecule is Cc1cc2c(CC(=O)O)cccc2n1CC1=CC(C)C(C)C=CC1. The summed E-state index contributed by atoms with van der Waals surface area (Å²) < 4.78 is 2.31. The number of fused-ring (bicyclic) bond motifs is 1. The Morgan fingerprint density at radius 2 is 2.08 bits per heavy atom. The van der Waals surface area contributed by atoms with Gasteiger partial charge in [-0.2, -0.15) is 0 Å². The first-order valence-electron chi connectivity index (χ1n) is 8.61. The molecule has 2 unspecified atom stereocenters. The molecule has 1 aliphatic rings. The van der Waals surface area contributed by atoms with E-state index in [-0.39, 0.29) is 6.42 Å². The van der Waals surface area contributed by atoms with Crippen LogP contribution in [0.5, 0.6) is 0 Å². The van der Waals surface area contributed by atoms with Gasteiger partial charge in [-0.3, -0.25) is 4.79 Å². The molecule has 0 spiro atoms. The molecule has 1 aromatic heterocycles. The number of aromatic nitrogens is 1.